The topological polar surface area (TPSA) is 63.1 Å². The zero-order valence-corrected chi connectivity index (χ0v) is 41.6. The number of thiophene rings is 1. The zero-order chi connectivity index (χ0) is 39.8. The number of ketones is 1. The number of allylic oxidation sites excluding steroid dienone is 2. The first-order valence-electron chi connectivity index (χ1n) is 20.5. The van der Waals surface area contributed by atoms with Crippen molar-refractivity contribution < 1.29 is 31.4 Å². The quantitative estimate of drug-likeness (QED) is 0.0526. The zero-order valence-electron chi connectivity index (χ0n) is 36.3. The van der Waals surface area contributed by atoms with Crippen LogP contribution < -0.4 is 8.90 Å². The summed E-state index contributed by atoms with van der Waals surface area (Å²) in [4.78, 5) is 21.3. The van der Waals surface area contributed by atoms with E-state index in [1.165, 1.54) is 39.6 Å². The van der Waals surface area contributed by atoms with E-state index in [0.717, 1.165) is 52.5 Å². The fourth-order valence-corrected chi connectivity index (χ4v) is 21.2. The number of aliphatic hydroxyl groups is 1. The Hall–Kier alpha value is -1.64. The first-order chi connectivity index (χ1) is 24.8. The van der Waals surface area contributed by atoms with Gasteiger partial charge in [0.25, 0.3) is 0 Å². The molecule has 0 saturated heterocycles. The van der Waals surface area contributed by atoms with Crippen molar-refractivity contribution >= 4 is 68.3 Å². The molecule has 2 aromatic heterocycles. The molecule has 0 spiro atoms. The molecule has 0 amide bonds. The van der Waals surface area contributed by atoms with E-state index in [0.29, 0.717) is 17.8 Å². The number of nitrogens with zero attached hydrogens (tertiary/aromatic N) is 2. The molecular weight excluding hydrogens is 925 g/mol. The van der Waals surface area contributed by atoms with E-state index in [9.17, 15) is 9.90 Å². The molecule has 4 nitrogen and oxygen atoms in total. The first kappa shape index (κ1) is 45.7. The molecule has 2 heterocycles. The van der Waals surface area contributed by atoms with E-state index in [2.05, 4.69) is 102 Å². The molecule has 295 valence electrons. The van der Waals surface area contributed by atoms with E-state index in [-0.39, 0.29) is 49.8 Å². The molecule has 0 fully saturated rings. The second-order valence-corrected chi connectivity index (χ2v) is 33.6. The van der Waals surface area contributed by atoms with Gasteiger partial charge in [0, 0.05) is 38.0 Å². The Morgan fingerprint density at radius 2 is 1.43 bits per heavy atom. The minimum Gasteiger partial charge on any atom is 0 e. The summed E-state index contributed by atoms with van der Waals surface area (Å²) >= 11 is -0.243. The van der Waals surface area contributed by atoms with E-state index < -0.39 is 21.3 Å². The summed E-state index contributed by atoms with van der Waals surface area (Å²) in [5.41, 5.74) is 4.23. The number of benzene rings is 2. The van der Waals surface area contributed by atoms with Crippen LogP contribution in [0.4, 0.5) is 0 Å². The van der Waals surface area contributed by atoms with Crippen LogP contribution in [0.3, 0.4) is 0 Å². The van der Waals surface area contributed by atoms with Crippen LogP contribution >= 0.6 is 11.3 Å². The van der Waals surface area contributed by atoms with Crippen LogP contribution in [0.25, 0.3) is 32.2 Å². The van der Waals surface area contributed by atoms with E-state index in [1.54, 1.807) is 4.50 Å². The summed E-state index contributed by atoms with van der Waals surface area (Å²) in [7, 11) is -1.83. The molecule has 53 heavy (non-hydrogen) atoms. The number of aliphatic hydroxyl groups excluding tert-OH is 1. The van der Waals surface area contributed by atoms with Gasteiger partial charge in [-0.2, -0.15) is 0 Å². The van der Waals surface area contributed by atoms with Crippen LogP contribution in [-0.4, -0.2) is 42.2 Å². The van der Waals surface area contributed by atoms with Gasteiger partial charge in [-0.15, -0.1) is 0 Å². The first-order valence-corrected chi connectivity index (χ1v) is 30.8. The number of aromatic nitrogens is 2. The Labute approximate surface area is 345 Å². The normalized spacial score (nSPS) is 13.0. The van der Waals surface area contributed by atoms with Gasteiger partial charge in [-0.05, 0) is 25.7 Å². The maximum absolute atomic E-state index is 11.7. The van der Waals surface area contributed by atoms with Gasteiger partial charge in [-0.3, -0.25) is 4.79 Å². The third-order valence-corrected chi connectivity index (χ3v) is 23.5. The maximum Gasteiger partial charge on any atom is 0 e. The van der Waals surface area contributed by atoms with Crippen LogP contribution in [0.1, 0.15) is 102 Å². The molecule has 4 rings (SSSR count). The van der Waals surface area contributed by atoms with E-state index in [1.807, 2.05) is 39.0 Å². The monoisotopic (exact) mass is 997 g/mol. The van der Waals surface area contributed by atoms with Gasteiger partial charge in [0.2, 0.25) is 0 Å². The number of aryl methyl sites for hydroxylation is 1. The molecule has 8 heteroatoms. The van der Waals surface area contributed by atoms with Crippen LogP contribution in [0.15, 0.2) is 48.5 Å². The Kier molecular flexibility index (Phi) is 18.2. The second kappa shape index (κ2) is 21.0. The van der Waals surface area contributed by atoms with Gasteiger partial charge in [0.05, 0.1) is 5.76 Å². The average molecular weight is 996 g/mol. The molecule has 0 aliphatic heterocycles. The van der Waals surface area contributed by atoms with Crippen molar-refractivity contribution in [3.63, 3.8) is 0 Å². The molecule has 4 aromatic rings. The Bertz CT molecular complexity index is 1830. The van der Waals surface area contributed by atoms with Crippen molar-refractivity contribution in [1.82, 2.24) is 9.97 Å². The van der Waals surface area contributed by atoms with Gasteiger partial charge in [-0.25, -0.2) is 0 Å². The van der Waals surface area contributed by atoms with Gasteiger partial charge < -0.3 is 5.11 Å². The largest absolute Gasteiger partial charge is 0 e. The molecule has 0 unspecified atom stereocenters. The third kappa shape index (κ3) is 12.2. The average Bonchev–Trinajstić information content (AvgIpc) is 3.40. The Balaban J connectivity index is 0.000000536. The number of carbonyl (C=O) groups excluding carboxylic acids is 1. The van der Waals surface area contributed by atoms with Crippen molar-refractivity contribution in [3.05, 3.63) is 60.1 Å². The number of rotatable bonds is 16. The minimum absolute atomic E-state index is 0. The molecule has 1 radical (unpaired) electrons. The van der Waals surface area contributed by atoms with Gasteiger partial charge >= 0.3 is 235 Å². The molecule has 0 bridgehead atoms. The number of carbonyl (C=O) groups is 1. The van der Waals surface area contributed by atoms with Crippen molar-refractivity contribution in [3.8, 4) is 11.3 Å². The predicted octanol–water partition coefficient (Wildman–Crippen LogP) is 12.7. The van der Waals surface area contributed by atoms with Crippen molar-refractivity contribution in [2.45, 2.75) is 137 Å². The van der Waals surface area contributed by atoms with Crippen LogP contribution in [0.2, 0.25) is 35.4 Å². The molecular formula is C45H69GeIrN2O2SSi-. The molecule has 0 aliphatic rings. The van der Waals surface area contributed by atoms with Gasteiger partial charge in [-0.1, -0.05) is 27.7 Å². The predicted molar refractivity (Wildman–Crippen MR) is 235 cm³/mol. The third-order valence-electron chi connectivity index (χ3n) is 10.5. The summed E-state index contributed by atoms with van der Waals surface area (Å²) in [6.07, 6.45) is 5.02. The molecule has 2 aromatic carbocycles. The van der Waals surface area contributed by atoms with E-state index in [4.69, 9.17) is 11.3 Å². The van der Waals surface area contributed by atoms with Crippen LogP contribution in [0, 0.1) is 42.6 Å². The van der Waals surface area contributed by atoms with Gasteiger partial charge in [0.1, 0.15) is 0 Å². The SMILES string of the molecule is CCC(CC)C(=O)/C=C(\O)C(CC)CC.[2H]c1nc(-c2[c-]c3ccccc3[c]([Ge]([CH3])([CH3])[CH3])c2)c2sc([Si](CC(C)C)(CC(C)C)CC(C)C)c(C)c2n1.[Ir]. The summed E-state index contributed by atoms with van der Waals surface area (Å²) < 4.78 is 12.8. The summed E-state index contributed by atoms with van der Waals surface area (Å²) in [5.74, 6) is 9.89. The van der Waals surface area contributed by atoms with Crippen LogP contribution in [0.5, 0.6) is 0 Å². The van der Waals surface area contributed by atoms with Crippen LogP contribution in [-0.2, 0) is 24.9 Å². The maximum atomic E-state index is 11.7. The number of hydrogen-bond acceptors (Lipinski definition) is 5. The Morgan fingerprint density at radius 1 is 0.906 bits per heavy atom. The Morgan fingerprint density at radius 3 is 1.92 bits per heavy atom. The minimum atomic E-state index is -2.20. The molecule has 0 saturated carbocycles. The smallest absolute Gasteiger partial charge is 0 e. The van der Waals surface area contributed by atoms with Crippen molar-refractivity contribution in [2.75, 3.05) is 0 Å². The standard InChI is InChI=1S/C32H45GeN2SSi.C13H24O2.Ir/c1-21(2)17-37(18-22(3)4,19-23(5)6)32-24(7)29-31(36-32)30(35-20-34-29)26-15-25-13-11-12-14-27(25)28(16-26)33(8,9)10;1-5-10(6-2)12(14)9-13(15)11(7-3)8-4;/h11-14,16,20-23H,17-19H2,1-10H3;9-11,14H,5-8H2,1-4H3;/q-1;;/b;12-9-;/i20D;;. The fraction of sp³-hybridized carbons (Fsp3) is 0.578. The summed E-state index contributed by atoms with van der Waals surface area (Å²) in [5, 5.41) is 12.2. The second-order valence-electron chi connectivity index (χ2n) is 17.4. The van der Waals surface area contributed by atoms with Gasteiger partial charge in [0.15, 0.2) is 5.78 Å². The summed E-state index contributed by atoms with van der Waals surface area (Å²) in [6.45, 7) is 24.7. The molecule has 0 aliphatic carbocycles. The number of hydrogen-bond donors (Lipinski definition) is 1. The molecule has 0 atom stereocenters. The van der Waals surface area contributed by atoms with Crippen molar-refractivity contribution in [1.29, 1.82) is 0 Å². The fourth-order valence-electron chi connectivity index (χ4n) is 8.29. The molecule has 1 N–H and O–H groups in total. The number of fused-ring (bicyclic) bond motifs is 2. The van der Waals surface area contributed by atoms with Crippen molar-refractivity contribution in [2.24, 2.45) is 29.6 Å². The van der Waals surface area contributed by atoms with E-state index >= 15 is 0 Å². The summed E-state index contributed by atoms with van der Waals surface area (Å²) in [6, 6.07) is 18.6.